The van der Waals surface area contributed by atoms with Crippen molar-refractivity contribution in [3.8, 4) is 0 Å². The summed E-state index contributed by atoms with van der Waals surface area (Å²) >= 11 is 0. The van der Waals surface area contributed by atoms with E-state index in [4.69, 9.17) is 5.73 Å². The number of hydrogen-bond donors (Lipinski definition) is 1. The molecule has 0 fully saturated rings. The first-order valence-corrected chi connectivity index (χ1v) is 4.81. The highest BCUT2D eigenvalue weighted by Crippen LogP contribution is 2.18. The number of aromatic nitrogens is 2. The first-order chi connectivity index (χ1) is 6.61. The SMILES string of the molecule is Cc1nc(C)n2c(C(C)N)cccc12. The van der Waals surface area contributed by atoms with E-state index in [1.54, 1.807) is 0 Å². The molecule has 2 rings (SSSR count). The molecule has 0 bridgehead atoms. The summed E-state index contributed by atoms with van der Waals surface area (Å²) in [4.78, 5) is 4.44. The van der Waals surface area contributed by atoms with Crippen molar-refractivity contribution >= 4 is 5.52 Å². The number of hydrogen-bond acceptors (Lipinski definition) is 2. The molecule has 2 aromatic rings. The third-order valence-corrected chi connectivity index (χ3v) is 2.51. The zero-order valence-corrected chi connectivity index (χ0v) is 8.78. The fourth-order valence-corrected chi connectivity index (χ4v) is 1.87. The zero-order valence-electron chi connectivity index (χ0n) is 8.78. The molecule has 2 N–H and O–H groups in total. The Labute approximate surface area is 83.6 Å². The first kappa shape index (κ1) is 9.21. The Morgan fingerprint density at radius 2 is 2.07 bits per heavy atom. The molecule has 0 saturated heterocycles. The molecule has 0 amide bonds. The van der Waals surface area contributed by atoms with Gasteiger partial charge in [0.25, 0.3) is 0 Å². The molecule has 2 aromatic heterocycles. The fraction of sp³-hybridized carbons (Fsp3) is 0.364. The third-order valence-electron chi connectivity index (χ3n) is 2.51. The minimum absolute atomic E-state index is 0.0333. The van der Waals surface area contributed by atoms with Crippen molar-refractivity contribution in [2.75, 3.05) is 0 Å². The molecule has 0 aliphatic carbocycles. The summed E-state index contributed by atoms with van der Waals surface area (Å²) in [6.45, 7) is 6.02. The van der Waals surface area contributed by atoms with E-state index in [1.807, 2.05) is 32.9 Å². The Morgan fingerprint density at radius 1 is 1.36 bits per heavy atom. The maximum Gasteiger partial charge on any atom is 0.110 e. The summed E-state index contributed by atoms with van der Waals surface area (Å²) < 4.78 is 2.12. The Kier molecular flexibility index (Phi) is 2.04. The van der Waals surface area contributed by atoms with E-state index in [2.05, 4.69) is 15.5 Å². The summed E-state index contributed by atoms with van der Waals surface area (Å²) in [6.07, 6.45) is 0. The second kappa shape index (κ2) is 3.10. The van der Waals surface area contributed by atoms with Gasteiger partial charge in [-0.2, -0.15) is 0 Å². The molecule has 0 aliphatic rings. The van der Waals surface area contributed by atoms with Gasteiger partial charge >= 0.3 is 0 Å². The predicted molar refractivity (Wildman–Crippen MR) is 57.3 cm³/mol. The van der Waals surface area contributed by atoms with Crippen molar-refractivity contribution in [1.29, 1.82) is 0 Å². The van der Waals surface area contributed by atoms with Crippen molar-refractivity contribution in [1.82, 2.24) is 9.38 Å². The Balaban J connectivity index is 2.85. The van der Waals surface area contributed by atoms with Crippen LogP contribution in [0.1, 0.15) is 30.2 Å². The third kappa shape index (κ3) is 1.21. The van der Waals surface area contributed by atoms with Crippen LogP contribution in [-0.2, 0) is 0 Å². The molecule has 0 spiro atoms. The summed E-state index contributed by atoms with van der Waals surface area (Å²) in [5.74, 6) is 1.01. The number of aryl methyl sites for hydroxylation is 2. The molecular weight excluding hydrogens is 174 g/mol. The quantitative estimate of drug-likeness (QED) is 0.745. The molecule has 3 nitrogen and oxygen atoms in total. The monoisotopic (exact) mass is 189 g/mol. The van der Waals surface area contributed by atoms with E-state index in [0.29, 0.717) is 0 Å². The molecule has 14 heavy (non-hydrogen) atoms. The predicted octanol–water partition coefficient (Wildman–Crippen LogP) is 1.97. The van der Waals surface area contributed by atoms with Gasteiger partial charge < -0.3 is 5.73 Å². The van der Waals surface area contributed by atoms with Crippen LogP contribution in [0.3, 0.4) is 0 Å². The van der Waals surface area contributed by atoms with E-state index in [-0.39, 0.29) is 6.04 Å². The minimum Gasteiger partial charge on any atom is -0.323 e. The van der Waals surface area contributed by atoms with Crippen LogP contribution in [-0.4, -0.2) is 9.38 Å². The van der Waals surface area contributed by atoms with E-state index < -0.39 is 0 Å². The van der Waals surface area contributed by atoms with Crippen molar-refractivity contribution in [2.24, 2.45) is 5.73 Å². The van der Waals surface area contributed by atoms with E-state index >= 15 is 0 Å². The highest BCUT2D eigenvalue weighted by Gasteiger charge is 2.09. The van der Waals surface area contributed by atoms with Crippen LogP contribution < -0.4 is 5.73 Å². The molecule has 3 heteroatoms. The summed E-state index contributed by atoms with van der Waals surface area (Å²) in [7, 11) is 0. The van der Waals surface area contributed by atoms with Gasteiger partial charge in [-0.1, -0.05) is 6.07 Å². The van der Waals surface area contributed by atoms with Crippen molar-refractivity contribution in [2.45, 2.75) is 26.8 Å². The lowest BCUT2D eigenvalue weighted by molar-refractivity contribution is 0.753. The highest BCUT2D eigenvalue weighted by atomic mass is 15.0. The van der Waals surface area contributed by atoms with Gasteiger partial charge in [0.05, 0.1) is 11.2 Å². The Bertz CT molecular complexity index is 469. The van der Waals surface area contributed by atoms with Gasteiger partial charge in [0.15, 0.2) is 0 Å². The fourth-order valence-electron chi connectivity index (χ4n) is 1.87. The molecule has 2 heterocycles. The van der Waals surface area contributed by atoms with Gasteiger partial charge in [-0.05, 0) is 32.9 Å². The lowest BCUT2D eigenvalue weighted by Crippen LogP contribution is -2.10. The van der Waals surface area contributed by atoms with Crippen LogP contribution in [0.4, 0.5) is 0 Å². The molecule has 1 unspecified atom stereocenters. The number of rotatable bonds is 1. The smallest absolute Gasteiger partial charge is 0.110 e. The molecule has 74 valence electrons. The topological polar surface area (TPSA) is 43.3 Å². The molecule has 0 aromatic carbocycles. The van der Waals surface area contributed by atoms with Gasteiger partial charge in [0, 0.05) is 11.7 Å². The van der Waals surface area contributed by atoms with Crippen LogP contribution >= 0.6 is 0 Å². The van der Waals surface area contributed by atoms with Crippen molar-refractivity contribution in [3.63, 3.8) is 0 Å². The molecule has 0 aliphatic heterocycles. The Morgan fingerprint density at radius 3 is 2.71 bits per heavy atom. The minimum atomic E-state index is 0.0333. The van der Waals surface area contributed by atoms with Crippen LogP contribution in [0.2, 0.25) is 0 Å². The maximum absolute atomic E-state index is 5.91. The maximum atomic E-state index is 5.91. The molecule has 0 saturated carbocycles. The number of nitrogens with zero attached hydrogens (tertiary/aromatic N) is 2. The van der Waals surface area contributed by atoms with Crippen molar-refractivity contribution in [3.05, 3.63) is 35.4 Å². The van der Waals surface area contributed by atoms with Gasteiger partial charge in [0.2, 0.25) is 0 Å². The normalized spacial score (nSPS) is 13.4. The summed E-state index contributed by atoms with van der Waals surface area (Å²) in [6, 6.07) is 6.18. The lowest BCUT2D eigenvalue weighted by Gasteiger charge is -2.10. The van der Waals surface area contributed by atoms with Gasteiger partial charge in [0.1, 0.15) is 5.82 Å². The van der Waals surface area contributed by atoms with Crippen LogP contribution in [0.5, 0.6) is 0 Å². The average molecular weight is 189 g/mol. The standard InChI is InChI=1S/C11H15N3/c1-7(12)10-5-4-6-11-8(2)13-9(3)14(10)11/h4-7H,12H2,1-3H3. The number of imidazole rings is 1. The second-order valence-electron chi connectivity index (χ2n) is 3.70. The van der Waals surface area contributed by atoms with Crippen LogP contribution in [0.15, 0.2) is 18.2 Å². The van der Waals surface area contributed by atoms with E-state index in [0.717, 1.165) is 22.7 Å². The number of nitrogens with two attached hydrogens (primary N) is 1. The number of fused-ring (bicyclic) bond motifs is 1. The lowest BCUT2D eigenvalue weighted by atomic mass is 10.2. The van der Waals surface area contributed by atoms with Crippen LogP contribution in [0.25, 0.3) is 5.52 Å². The largest absolute Gasteiger partial charge is 0.323 e. The Hall–Kier alpha value is -1.35. The van der Waals surface area contributed by atoms with Crippen molar-refractivity contribution < 1.29 is 0 Å². The molecule has 1 atom stereocenters. The zero-order chi connectivity index (χ0) is 10.3. The molecule has 0 radical (unpaired) electrons. The van der Waals surface area contributed by atoms with Gasteiger partial charge in [-0.3, -0.25) is 4.40 Å². The van der Waals surface area contributed by atoms with Crippen LogP contribution in [0, 0.1) is 13.8 Å². The van der Waals surface area contributed by atoms with E-state index in [9.17, 15) is 0 Å². The first-order valence-electron chi connectivity index (χ1n) is 4.81. The highest BCUT2D eigenvalue weighted by molar-refractivity contribution is 5.54. The van der Waals surface area contributed by atoms with E-state index in [1.165, 1.54) is 0 Å². The van der Waals surface area contributed by atoms with Gasteiger partial charge in [-0.25, -0.2) is 4.98 Å². The van der Waals surface area contributed by atoms with Gasteiger partial charge in [-0.15, -0.1) is 0 Å². The second-order valence-corrected chi connectivity index (χ2v) is 3.70. The molecular formula is C11H15N3. The summed E-state index contributed by atoms with van der Waals surface area (Å²) in [5, 5.41) is 0. The average Bonchev–Trinajstić information content (AvgIpc) is 2.43. The number of pyridine rings is 1. The summed E-state index contributed by atoms with van der Waals surface area (Å²) in [5.41, 5.74) is 9.23.